The van der Waals surface area contributed by atoms with Gasteiger partial charge in [0, 0.05) is 26.2 Å². The molecule has 1 N–H and O–H groups in total. The molecule has 0 aromatic heterocycles. The lowest BCUT2D eigenvalue weighted by Crippen LogP contribution is -2.52. The standard InChI is InChI=1S/C12H22N2O3/c1-9-7-14(8-10(2)17-9)12(15)13-6-11-4-3-5-16-11/h9-11H,3-8H2,1-2H3,(H,13,15)/t9-,10+,11-/m1/s1. The Labute approximate surface area is 102 Å². The molecule has 2 aliphatic heterocycles. The fraction of sp³-hybridized carbons (Fsp3) is 0.917. The summed E-state index contributed by atoms with van der Waals surface area (Å²) in [5.74, 6) is 0. The number of nitrogens with zero attached hydrogens (tertiary/aromatic N) is 1. The van der Waals surface area contributed by atoms with E-state index in [1.807, 2.05) is 18.7 Å². The van der Waals surface area contributed by atoms with Gasteiger partial charge in [0.05, 0.1) is 18.3 Å². The van der Waals surface area contributed by atoms with Crippen molar-refractivity contribution in [2.45, 2.75) is 45.0 Å². The van der Waals surface area contributed by atoms with Gasteiger partial charge in [-0.3, -0.25) is 0 Å². The number of carbonyl (C=O) groups excluding carboxylic acids is 1. The third kappa shape index (κ3) is 3.57. The van der Waals surface area contributed by atoms with Gasteiger partial charge in [0.1, 0.15) is 0 Å². The van der Waals surface area contributed by atoms with Crippen LogP contribution in [0.5, 0.6) is 0 Å². The Hall–Kier alpha value is -0.810. The summed E-state index contributed by atoms with van der Waals surface area (Å²) >= 11 is 0. The van der Waals surface area contributed by atoms with Gasteiger partial charge in [-0.1, -0.05) is 0 Å². The molecule has 0 saturated carbocycles. The van der Waals surface area contributed by atoms with E-state index >= 15 is 0 Å². The van der Waals surface area contributed by atoms with Crippen LogP contribution in [0.4, 0.5) is 4.79 Å². The third-order valence-electron chi connectivity index (χ3n) is 3.21. The van der Waals surface area contributed by atoms with Crippen LogP contribution in [0.3, 0.4) is 0 Å². The first kappa shape index (κ1) is 12.6. The van der Waals surface area contributed by atoms with Crippen molar-refractivity contribution in [3.05, 3.63) is 0 Å². The van der Waals surface area contributed by atoms with Crippen molar-refractivity contribution in [1.29, 1.82) is 0 Å². The van der Waals surface area contributed by atoms with E-state index in [-0.39, 0.29) is 24.3 Å². The van der Waals surface area contributed by atoms with Gasteiger partial charge in [-0.25, -0.2) is 4.79 Å². The highest BCUT2D eigenvalue weighted by Crippen LogP contribution is 2.12. The first-order valence-electron chi connectivity index (χ1n) is 6.45. The lowest BCUT2D eigenvalue weighted by Gasteiger charge is -2.35. The Morgan fingerprint density at radius 1 is 1.35 bits per heavy atom. The number of carbonyl (C=O) groups is 1. The van der Waals surface area contributed by atoms with Crippen molar-refractivity contribution in [1.82, 2.24) is 10.2 Å². The summed E-state index contributed by atoms with van der Waals surface area (Å²) in [4.78, 5) is 13.8. The number of rotatable bonds is 2. The molecule has 2 fully saturated rings. The van der Waals surface area contributed by atoms with Gasteiger partial charge < -0.3 is 19.7 Å². The van der Waals surface area contributed by atoms with Crippen molar-refractivity contribution >= 4 is 6.03 Å². The van der Waals surface area contributed by atoms with E-state index in [0.717, 1.165) is 19.4 Å². The SMILES string of the molecule is C[C@@H]1CN(C(=O)NC[C@H]2CCCO2)C[C@H](C)O1. The molecule has 0 radical (unpaired) electrons. The average molecular weight is 242 g/mol. The van der Waals surface area contributed by atoms with Gasteiger partial charge in [-0.15, -0.1) is 0 Å². The van der Waals surface area contributed by atoms with Gasteiger partial charge in [-0.05, 0) is 26.7 Å². The van der Waals surface area contributed by atoms with Gasteiger partial charge in [0.25, 0.3) is 0 Å². The summed E-state index contributed by atoms with van der Waals surface area (Å²) in [6, 6.07) is 0.00231. The minimum absolute atomic E-state index is 0.00231. The molecule has 2 heterocycles. The Balaban J connectivity index is 1.74. The zero-order valence-corrected chi connectivity index (χ0v) is 10.6. The average Bonchev–Trinajstić information content (AvgIpc) is 2.77. The molecule has 0 unspecified atom stereocenters. The number of hydrogen-bond acceptors (Lipinski definition) is 3. The largest absolute Gasteiger partial charge is 0.376 e. The van der Waals surface area contributed by atoms with Gasteiger partial charge in [-0.2, -0.15) is 0 Å². The fourth-order valence-corrected chi connectivity index (χ4v) is 2.46. The molecule has 0 aromatic rings. The van der Waals surface area contributed by atoms with Crippen molar-refractivity contribution in [2.75, 3.05) is 26.2 Å². The second kappa shape index (κ2) is 5.69. The zero-order valence-electron chi connectivity index (χ0n) is 10.6. The van der Waals surface area contributed by atoms with E-state index in [1.54, 1.807) is 0 Å². The Morgan fingerprint density at radius 2 is 2.06 bits per heavy atom. The highest BCUT2D eigenvalue weighted by molar-refractivity contribution is 5.74. The highest BCUT2D eigenvalue weighted by Gasteiger charge is 2.26. The van der Waals surface area contributed by atoms with Crippen LogP contribution in [0.25, 0.3) is 0 Å². The van der Waals surface area contributed by atoms with Crippen molar-refractivity contribution in [3.63, 3.8) is 0 Å². The van der Waals surface area contributed by atoms with Crippen LogP contribution in [0.15, 0.2) is 0 Å². The Kier molecular flexibility index (Phi) is 4.23. The summed E-state index contributed by atoms with van der Waals surface area (Å²) in [6.45, 7) is 6.78. The molecule has 2 aliphatic rings. The van der Waals surface area contributed by atoms with Crippen molar-refractivity contribution in [3.8, 4) is 0 Å². The van der Waals surface area contributed by atoms with Crippen LogP contribution in [0.1, 0.15) is 26.7 Å². The lowest BCUT2D eigenvalue weighted by atomic mass is 10.2. The molecule has 0 aromatic carbocycles. The molecule has 2 amide bonds. The van der Waals surface area contributed by atoms with E-state index in [1.165, 1.54) is 0 Å². The van der Waals surface area contributed by atoms with Gasteiger partial charge >= 0.3 is 6.03 Å². The van der Waals surface area contributed by atoms with Gasteiger partial charge in [0.15, 0.2) is 0 Å². The summed E-state index contributed by atoms with van der Waals surface area (Å²) < 4.78 is 11.1. The molecule has 5 heteroatoms. The zero-order chi connectivity index (χ0) is 12.3. The first-order valence-corrected chi connectivity index (χ1v) is 6.45. The molecule has 98 valence electrons. The number of hydrogen-bond donors (Lipinski definition) is 1. The molecule has 17 heavy (non-hydrogen) atoms. The van der Waals surface area contributed by atoms with Crippen molar-refractivity contribution in [2.24, 2.45) is 0 Å². The molecule has 0 bridgehead atoms. The van der Waals surface area contributed by atoms with Gasteiger partial charge in [0.2, 0.25) is 0 Å². The number of ether oxygens (including phenoxy) is 2. The predicted molar refractivity (Wildman–Crippen MR) is 64.0 cm³/mol. The topological polar surface area (TPSA) is 50.8 Å². The fourth-order valence-electron chi connectivity index (χ4n) is 2.46. The molecule has 0 spiro atoms. The maximum atomic E-state index is 11.9. The molecule has 5 nitrogen and oxygen atoms in total. The summed E-state index contributed by atoms with van der Waals surface area (Å²) in [7, 11) is 0. The van der Waals surface area contributed by atoms with E-state index in [4.69, 9.17) is 9.47 Å². The molecule has 3 atom stereocenters. The second-order valence-corrected chi connectivity index (χ2v) is 4.98. The number of nitrogens with one attached hydrogen (secondary N) is 1. The molecular weight excluding hydrogens is 220 g/mol. The molecule has 2 saturated heterocycles. The minimum atomic E-state index is 0.00231. The van der Waals surface area contributed by atoms with E-state index in [9.17, 15) is 4.79 Å². The van der Waals surface area contributed by atoms with Crippen LogP contribution < -0.4 is 5.32 Å². The van der Waals surface area contributed by atoms with Crippen LogP contribution >= 0.6 is 0 Å². The maximum absolute atomic E-state index is 11.9. The second-order valence-electron chi connectivity index (χ2n) is 4.98. The highest BCUT2D eigenvalue weighted by atomic mass is 16.5. The van der Waals surface area contributed by atoms with E-state index in [0.29, 0.717) is 19.6 Å². The quantitative estimate of drug-likeness (QED) is 0.785. The number of amides is 2. The molecule has 0 aliphatic carbocycles. The summed E-state index contributed by atoms with van der Waals surface area (Å²) in [6.07, 6.45) is 2.59. The summed E-state index contributed by atoms with van der Waals surface area (Å²) in [5.41, 5.74) is 0. The summed E-state index contributed by atoms with van der Waals surface area (Å²) in [5, 5.41) is 2.94. The predicted octanol–water partition coefficient (Wildman–Crippen LogP) is 0.984. The normalized spacial score (nSPS) is 33.8. The number of morpholine rings is 1. The minimum Gasteiger partial charge on any atom is -0.376 e. The van der Waals surface area contributed by atoms with E-state index < -0.39 is 0 Å². The molecular formula is C12H22N2O3. The Morgan fingerprint density at radius 3 is 2.65 bits per heavy atom. The monoisotopic (exact) mass is 242 g/mol. The molecule has 2 rings (SSSR count). The van der Waals surface area contributed by atoms with Crippen molar-refractivity contribution < 1.29 is 14.3 Å². The Bertz CT molecular complexity index is 256. The first-order chi connectivity index (χ1) is 8.15. The third-order valence-corrected chi connectivity index (χ3v) is 3.21. The maximum Gasteiger partial charge on any atom is 0.317 e. The van der Waals surface area contributed by atoms with E-state index in [2.05, 4.69) is 5.32 Å². The number of urea groups is 1. The smallest absolute Gasteiger partial charge is 0.317 e. The van der Waals surface area contributed by atoms with Crippen LogP contribution in [-0.4, -0.2) is 55.5 Å². The van der Waals surface area contributed by atoms with Crippen LogP contribution in [-0.2, 0) is 9.47 Å². The van der Waals surface area contributed by atoms with Crippen LogP contribution in [0, 0.1) is 0 Å². The van der Waals surface area contributed by atoms with Crippen LogP contribution in [0.2, 0.25) is 0 Å². The lowest BCUT2D eigenvalue weighted by molar-refractivity contribution is -0.0547.